The Balaban J connectivity index is 1.49. The zero-order chi connectivity index (χ0) is 17.9. The summed E-state index contributed by atoms with van der Waals surface area (Å²) < 4.78 is 5.12. The van der Waals surface area contributed by atoms with Crippen molar-refractivity contribution in [3.63, 3.8) is 0 Å². The van der Waals surface area contributed by atoms with Gasteiger partial charge in [0, 0.05) is 22.2 Å². The summed E-state index contributed by atoms with van der Waals surface area (Å²) in [6.45, 7) is 0. The molecule has 2 N–H and O–H groups in total. The minimum absolute atomic E-state index is 0.206. The number of fused-ring (bicyclic) bond motifs is 3. The molecule has 4 rings (SSSR count). The molecule has 2 aromatic carbocycles. The van der Waals surface area contributed by atoms with Crippen molar-refractivity contribution < 1.29 is 9.53 Å². The smallest absolute Gasteiger partial charge is 0.271 e. The number of benzene rings is 2. The number of aromatic amines is 1. The Kier molecular flexibility index (Phi) is 4.44. The van der Waals surface area contributed by atoms with E-state index in [1.165, 1.54) is 24.1 Å². The second-order valence-electron chi connectivity index (χ2n) is 6.52. The van der Waals surface area contributed by atoms with E-state index in [9.17, 15) is 4.79 Å². The molecule has 1 amide bonds. The first kappa shape index (κ1) is 16.4. The second kappa shape index (κ2) is 7.04. The number of nitrogens with one attached hydrogen (secondary N) is 2. The summed E-state index contributed by atoms with van der Waals surface area (Å²) in [5.74, 6) is 0.580. The first-order valence-electron chi connectivity index (χ1n) is 8.85. The third-order valence-corrected chi connectivity index (χ3v) is 4.86. The number of methoxy groups -OCH3 is 1. The van der Waals surface area contributed by atoms with E-state index in [1.807, 2.05) is 42.5 Å². The van der Waals surface area contributed by atoms with E-state index < -0.39 is 0 Å². The summed E-state index contributed by atoms with van der Waals surface area (Å²) >= 11 is 0. The van der Waals surface area contributed by atoms with Gasteiger partial charge in [-0.05, 0) is 79.3 Å². The maximum atomic E-state index is 12.4. The van der Waals surface area contributed by atoms with Crippen molar-refractivity contribution in [2.75, 3.05) is 7.11 Å². The summed E-state index contributed by atoms with van der Waals surface area (Å²) in [6.07, 6.45) is 6.23. The average Bonchev–Trinajstić information content (AvgIpc) is 3.06. The molecule has 1 aliphatic rings. The van der Waals surface area contributed by atoms with Crippen LogP contribution >= 0.6 is 0 Å². The van der Waals surface area contributed by atoms with Gasteiger partial charge >= 0.3 is 0 Å². The number of aromatic nitrogens is 1. The van der Waals surface area contributed by atoms with E-state index in [2.05, 4.69) is 15.5 Å². The van der Waals surface area contributed by atoms with E-state index in [-0.39, 0.29) is 5.91 Å². The van der Waals surface area contributed by atoms with Crippen LogP contribution in [0.3, 0.4) is 0 Å². The summed E-state index contributed by atoms with van der Waals surface area (Å²) in [5.41, 5.74) is 7.90. The minimum Gasteiger partial charge on any atom is -0.497 e. The number of ether oxygens (including phenoxy) is 1. The molecule has 1 aromatic heterocycles. The topological polar surface area (TPSA) is 66.5 Å². The van der Waals surface area contributed by atoms with Gasteiger partial charge in [0.1, 0.15) is 5.75 Å². The van der Waals surface area contributed by atoms with Gasteiger partial charge in [-0.3, -0.25) is 4.79 Å². The maximum Gasteiger partial charge on any atom is 0.271 e. The van der Waals surface area contributed by atoms with Crippen LogP contribution in [-0.2, 0) is 12.8 Å². The molecule has 1 aliphatic carbocycles. The second-order valence-corrected chi connectivity index (χ2v) is 6.52. The van der Waals surface area contributed by atoms with Gasteiger partial charge in [0.25, 0.3) is 5.91 Å². The highest BCUT2D eigenvalue weighted by atomic mass is 16.5. The monoisotopic (exact) mass is 347 g/mol. The van der Waals surface area contributed by atoms with Crippen molar-refractivity contribution in [2.45, 2.75) is 25.7 Å². The van der Waals surface area contributed by atoms with Crippen molar-refractivity contribution in [1.82, 2.24) is 10.4 Å². The number of H-pyrrole nitrogens is 1. The minimum atomic E-state index is -0.206. The Morgan fingerprint density at radius 3 is 2.77 bits per heavy atom. The number of nitrogens with zero attached hydrogens (tertiary/aromatic N) is 1. The standard InChI is InChI=1S/C21H21N3O2/c1-26-16-9-6-14(7-10-16)13-22-24-21(25)15-8-11-20-18(12-15)17-4-2-3-5-19(17)23-20/h6-13,23H,2-5H2,1H3,(H,24,25)/b22-13+. The zero-order valence-corrected chi connectivity index (χ0v) is 14.7. The third kappa shape index (κ3) is 3.20. The maximum absolute atomic E-state index is 12.4. The molecule has 5 nitrogen and oxygen atoms in total. The predicted octanol–water partition coefficient (Wildman–Crippen LogP) is 3.82. The van der Waals surface area contributed by atoms with E-state index in [0.717, 1.165) is 35.1 Å². The highest BCUT2D eigenvalue weighted by molar-refractivity contribution is 5.99. The SMILES string of the molecule is COc1ccc(/C=N/NC(=O)c2ccc3[nH]c4c(c3c2)CCCC4)cc1. The molecule has 0 spiro atoms. The van der Waals surface area contributed by atoms with Gasteiger partial charge < -0.3 is 9.72 Å². The number of rotatable bonds is 4. The molecule has 5 heteroatoms. The Labute approximate surface area is 152 Å². The van der Waals surface area contributed by atoms with E-state index in [0.29, 0.717) is 5.56 Å². The van der Waals surface area contributed by atoms with Gasteiger partial charge in [-0.2, -0.15) is 5.10 Å². The number of hydrazone groups is 1. The van der Waals surface area contributed by atoms with Crippen LogP contribution in [0.5, 0.6) is 5.75 Å². The molecule has 1 heterocycles. The van der Waals surface area contributed by atoms with E-state index in [4.69, 9.17) is 4.74 Å². The van der Waals surface area contributed by atoms with Crippen LogP contribution < -0.4 is 10.2 Å². The molecular weight excluding hydrogens is 326 g/mol. The van der Waals surface area contributed by atoms with Gasteiger partial charge in [0.15, 0.2) is 0 Å². The third-order valence-electron chi connectivity index (χ3n) is 4.86. The summed E-state index contributed by atoms with van der Waals surface area (Å²) in [7, 11) is 1.63. The number of hydrogen-bond acceptors (Lipinski definition) is 3. The van der Waals surface area contributed by atoms with Gasteiger partial charge in [-0.1, -0.05) is 0 Å². The van der Waals surface area contributed by atoms with Crippen molar-refractivity contribution >= 4 is 23.0 Å². The van der Waals surface area contributed by atoms with Gasteiger partial charge in [-0.25, -0.2) is 5.43 Å². The normalized spacial score (nSPS) is 13.7. The molecule has 132 valence electrons. The Morgan fingerprint density at radius 1 is 1.15 bits per heavy atom. The lowest BCUT2D eigenvalue weighted by atomic mass is 9.95. The van der Waals surface area contributed by atoms with Crippen LogP contribution in [-0.4, -0.2) is 24.2 Å². The first-order chi connectivity index (χ1) is 12.7. The number of aryl methyl sites for hydroxylation is 2. The van der Waals surface area contributed by atoms with Crippen molar-refractivity contribution in [3.05, 3.63) is 64.8 Å². The average molecular weight is 347 g/mol. The molecule has 0 radical (unpaired) electrons. The Morgan fingerprint density at radius 2 is 1.96 bits per heavy atom. The molecule has 0 unspecified atom stereocenters. The Bertz CT molecular complexity index is 971. The lowest BCUT2D eigenvalue weighted by Crippen LogP contribution is -2.17. The van der Waals surface area contributed by atoms with E-state index in [1.54, 1.807) is 13.3 Å². The fraction of sp³-hybridized carbons (Fsp3) is 0.238. The number of amides is 1. The van der Waals surface area contributed by atoms with Crippen LogP contribution in [0.2, 0.25) is 0 Å². The number of carbonyl (C=O) groups is 1. The first-order valence-corrected chi connectivity index (χ1v) is 8.85. The van der Waals surface area contributed by atoms with Crippen LogP contribution in [0.25, 0.3) is 10.9 Å². The molecule has 0 saturated heterocycles. The Hall–Kier alpha value is -3.08. The fourth-order valence-electron chi connectivity index (χ4n) is 3.47. The van der Waals surface area contributed by atoms with Crippen molar-refractivity contribution in [1.29, 1.82) is 0 Å². The van der Waals surface area contributed by atoms with Crippen LogP contribution in [0, 0.1) is 0 Å². The predicted molar refractivity (Wildman–Crippen MR) is 103 cm³/mol. The molecule has 0 fully saturated rings. The molecule has 0 saturated carbocycles. The summed E-state index contributed by atoms with van der Waals surface area (Å²) in [5, 5.41) is 5.21. The summed E-state index contributed by atoms with van der Waals surface area (Å²) in [6, 6.07) is 13.3. The zero-order valence-electron chi connectivity index (χ0n) is 14.7. The quantitative estimate of drug-likeness (QED) is 0.556. The largest absolute Gasteiger partial charge is 0.497 e. The number of carbonyl (C=O) groups excluding carboxylic acids is 1. The molecule has 3 aromatic rings. The van der Waals surface area contributed by atoms with Gasteiger partial charge in [0.2, 0.25) is 0 Å². The van der Waals surface area contributed by atoms with Crippen LogP contribution in [0.15, 0.2) is 47.6 Å². The van der Waals surface area contributed by atoms with Gasteiger partial charge in [-0.15, -0.1) is 0 Å². The van der Waals surface area contributed by atoms with Crippen LogP contribution in [0.1, 0.15) is 40.0 Å². The lowest BCUT2D eigenvalue weighted by Gasteiger charge is -2.10. The van der Waals surface area contributed by atoms with Gasteiger partial charge in [0.05, 0.1) is 13.3 Å². The molecule has 26 heavy (non-hydrogen) atoms. The highest BCUT2D eigenvalue weighted by Crippen LogP contribution is 2.29. The van der Waals surface area contributed by atoms with Crippen molar-refractivity contribution in [2.24, 2.45) is 5.10 Å². The molecule has 0 atom stereocenters. The molecule has 0 bridgehead atoms. The summed E-state index contributed by atoms with van der Waals surface area (Å²) in [4.78, 5) is 15.9. The van der Waals surface area contributed by atoms with Crippen molar-refractivity contribution in [3.8, 4) is 5.75 Å². The molecule has 0 aliphatic heterocycles. The molecular formula is C21H21N3O2. The van der Waals surface area contributed by atoms with E-state index >= 15 is 0 Å². The lowest BCUT2D eigenvalue weighted by molar-refractivity contribution is 0.0955. The number of hydrogen-bond donors (Lipinski definition) is 2. The van der Waals surface area contributed by atoms with Crippen LogP contribution in [0.4, 0.5) is 0 Å². The fourth-order valence-corrected chi connectivity index (χ4v) is 3.47. The highest BCUT2D eigenvalue weighted by Gasteiger charge is 2.16.